The van der Waals surface area contributed by atoms with E-state index in [4.69, 9.17) is 4.74 Å². The van der Waals surface area contributed by atoms with Crippen molar-refractivity contribution in [2.24, 2.45) is 0 Å². The van der Waals surface area contributed by atoms with Crippen molar-refractivity contribution in [2.75, 3.05) is 12.4 Å². The number of anilines is 1. The minimum Gasteiger partial charge on any atom is -0.497 e. The second kappa shape index (κ2) is 10.3. The van der Waals surface area contributed by atoms with Crippen LogP contribution < -0.4 is 15.4 Å². The van der Waals surface area contributed by atoms with E-state index in [0.717, 1.165) is 16.7 Å². The van der Waals surface area contributed by atoms with E-state index < -0.39 is 0 Å². The highest BCUT2D eigenvalue weighted by atomic mass is 16.5. The van der Waals surface area contributed by atoms with Gasteiger partial charge >= 0.3 is 0 Å². The van der Waals surface area contributed by atoms with Gasteiger partial charge in [-0.15, -0.1) is 0 Å². The van der Waals surface area contributed by atoms with Crippen LogP contribution in [0.15, 0.2) is 54.9 Å². The maximum absolute atomic E-state index is 12.5. The van der Waals surface area contributed by atoms with Crippen molar-refractivity contribution in [1.82, 2.24) is 15.3 Å². The molecule has 0 atom stereocenters. The predicted molar refractivity (Wildman–Crippen MR) is 120 cm³/mol. The predicted octanol–water partition coefficient (Wildman–Crippen LogP) is 3.11. The molecule has 164 valence electrons. The fraction of sp³-hybridized carbons (Fsp3) is 0.208. The Kier molecular flexibility index (Phi) is 7.28. The van der Waals surface area contributed by atoms with Crippen LogP contribution in [-0.2, 0) is 17.8 Å². The summed E-state index contributed by atoms with van der Waals surface area (Å²) in [4.78, 5) is 44.4. The molecule has 1 heterocycles. The van der Waals surface area contributed by atoms with E-state index in [9.17, 15) is 14.4 Å². The molecule has 8 heteroatoms. The topological polar surface area (TPSA) is 110 Å². The number of nitrogens with one attached hydrogen (secondary N) is 2. The molecule has 0 saturated heterocycles. The zero-order chi connectivity index (χ0) is 23.1. The molecule has 2 aromatic carbocycles. The van der Waals surface area contributed by atoms with Crippen molar-refractivity contribution < 1.29 is 19.1 Å². The first-order valence-corrected chi connectivity index (χ1v) is 9.99. The number of nitrogens with zero attached hydrogens (tertiary/aromatic N) is 2. The molecule has 2 amide bonds. The van der Waals surface area contributed by atoms with Crippen LogP contribution in [0.4, 0.5) is 5.82 Å². The standard InChI is InChI=1S/C24H24N4O4/c1-15-9-17(7-8-20(15)16(2)29)11-23(30)28-22-12-21(26-14-27-22)24(31)25-13-18-5-4-6-19(10-18)32-3/h4-10,12,14H,11,13H2,1-3H3,(H,25,31)(H,26,27,28,30). The van der Waals surface area contributed by atoms with Gasteiger partial charge in [0.1, 0.15) is 23.6 Å². The number of methoxy groups -OCH3 is 1. The lowest BCUT2D eigenvalue weighted by atomic mass is 10.0. The fourth-order valence-corrected chi connectivity index (χ4v) is 3.21. The van der Waals surface area contributed by atoms with E-state index in [0.29, 0.717) is 17.9 Å². The SMILES string of the molecule is COc1cccc(CNC(=O)c2cc(NC(=O)Cc3ccc(C(C)=O)c(C)c3)ncn2)c1. The molecular formula is C24H24N4O4. The Morgan fingerprint density at radius 2 is 1.81 bits per heavy atom. The van der Waals surface area contributed by atoms with Crippen molar-refractivity contribution >= 4 is 23.4 Å². The average molecular weight is 432 g/mol. The number of amides is 2. The van der Waals surface area contributed by atoms with Crippen LogP contribution in [0.1, 0.15) is 44.5 Å². The summed E-state index contributed by atoms with van der Waals surface area (Å²) in [5.74, 6) is 0.239. The first-order valence-electron chi connectivity index (χ1n) is 9.99. The zero-order valence-corrected chi connectivity index (χ0v) is 18.1. The molecule has 0 bridgehead atoms. The van der Waals surface area contributed by atoms with Crippen molar-refractivity contribution in [3.8, 4) is 5.75 Å². The number of aromatic nitrogens is 2. The average Bonchev–Trinajstić information content (AvgIpc) is 2.77. The van der Waals surface area contributed by atoms with E-state index >= 15 is 0 Å². The minimum atomic E-state index is -0.388. The Morgan fingerprint density at radius 3 is 2.53 bits per heavy atom. The van der Waals surface area contributed by atoms with E-state index in [1.807, 2.05) is 37.3 Å². The third kappa shape index (κ3) is 5.98. The van der Waals surface area contributed by atoms with E-state index in [1.54, 1.807) is 19.2 Å². The summed E-state index contributed by atoms with van der Waals surface area (Å²) in [5, 5.41) is 5.46. The zero-order valence-electron chi connectivity index (χ0n) is 18.1. The summed E-state index contributed by atoms with van der Waals surface area (Å²) < 4.78 is 5.18. The smallest absolute Gasteiger partial charge is 0.270 e. The summed E-state index contributed by atoms with van der Waals surface area (Å²) in [7, 11) is 1.58. The quantitative estimate of drug-likeness (QED) is 0.529. The molecule has 0 saturated carbocycles. The van der Waals surface area contributed by atoms with Crippen LogP contribution in [0.2, 0.25) is 0 Å². The molecule has 0 aliphatic rings. The largest absolute Gasteiger partial charge is 0.497 e. The van der Waals surface area contributed by atoms with Gasteiger partial charge in [-0.05, 0) is 42.7 Å². The van der Waals surface area contributed by atoms with Gasteiger partial charge in [0.2, 0.25) is 5.91 Å². The third-order valence-corrected chi connectivity index (χ3v) is 4.79. The van der Waals surface area contributed by atoms with Crippen LogP contribution >= 0.6 is 0 Å². The van der Waals surface area contributed by atoms with Crippen LogP contribution in [0.5, 0.6) is 5.75 Å². The van der Waals surface area contributed by atoms with Crippen LogP contribution in [-0.4, -0.2) is 34.7 Å². The molecule has 0 radical (unpaired) electrons. The van der Waals surface area contributed by atoms with Gasteiger partial charge in [0.15, 0.2) is 5.78 Å². The summed E-state index contributed by atoms with van der Waals surface area (Å²) >= 11 is 0. The molecule has 3 aromatic rings. The molecule has 3 rings (SSSR count). The van der Waals surface area contributed by atoms with Gasteiger partial charge in [0.05, 0.1) is 13.5 Å². The molecular weight excluding hydrogens is 408 g/mol. The summed E-state index contributed by atoms with van der Waals surface area (Å²) in [6.45, 7) is 3.64. The number of benzene rings is 2. The lowest BCUT2D eigenvalue weighted by molar-refractivity contribution is -0.115. The molecule has 0 aliphatic heterocycles. The Bertz CT molecular complexity index is 1160. The van der Waals surface area contributed by atoms with Gasteiger partial charge in [0, 0.05) is 18.2 Å². The van der Waals surface area contributed by atoms with Gasteiger partial charge in [-0.3, -0.25) is 14.4 Å². The Balaban J connectivity index is 1.60. The van der Waals surface area contributed by atoms with Crippen molar-refractivity contribution in [1.29, 1.82) is 0 Å². The van der Waals surface area contributed by atoms with Crippen LogP contribution in [0.25, 0.3) is 0 Å². The second-order valence-corrected chi connectivity index (χ2v) is 7.25. The number of Topliss-reactive ketones (excluding diaryl/α,β-unsaturated/α-hetero) is 1. The summed E-state index contributed by atoms with van der Waals surface area (Å²) in [6, 6.07) is 14.1. The molecule has 0 unspecified atom stereocenters. The Morgan fingerprint density at radius 1 is 1.00 bits per heavy atom. The number of aryl methyl sites for hydroxylation is 1. The number of carbonyl (C=O) groups excluding carboxylic acids is 3. The molecule has 0 spiro atoms. The highest BCUT2D eigenvalue weighted by Crippen LogP contribution is 2.14. The Labute approximate surface area is 186 Å². The molecule has 2 N–H and O–H groups in total. The number of hydrogen-bond donors (Lipinski definition) is 2. The molecule has 32 heavy (non-hydrogen) atoms. The van der Waals surface area contributed by atoms with Gasteiger partial charge in [0.25, 0.3) is 5.91 Å². The first-order chi connectivity index (χ1) is 15.4. The molecule has 0 fully saturated rings. The van der Waals surface area contributed by atoms with Gasteiger partial charge in [-0.1, -0.05) is 30.3 Å². The highest BCUT2D eigenvalue weighted by molar-refractivity contribution is 5.97. The number of ether oxygens (including phenoxy) is 1. The highest BCUT2D eigenvalue weighted by Gasteiger charge is 2.12. The number of carbonyl (C=O) groups is 3. The molecule has 1 aromatic heterocycles. The minimum absolute atomic E-state index is 0.0169. The summed E-state index contributed by atoms with van der Waals surface area (Å²) in [5.41, 5.74) is 3.25. The van der Waals surface area contributed by atoms with Gasteiger partial charge < -0.3 is 15.4 Å². The first kappa shape index (κ1) is 22.6. The fourth-order valence-electron chi connectivity index (χ4n) is 3.21. The van der Waals surface area contributed by atoms with E-state index in [-0.39, 0.29) is 35.5 Å². The number of hydrogen-bond acceptors (Lipinski definition) is 6. The monoisotopic (exact) mass is 432 g/mol. The molecule has 0 aliphatic carbocycles. The molecule has 8 nitrogen and oxygen atoms in total. The van der Waals surface area contributed by atoms with E-state index in [1.165, 1.54) is 19.3 Å². The van der Waals surface area contributed by atoms with Gasteiger partial charge in [-0.2, -0.15) is 0 Å². The van der Waals surface area contributed by atoms with Crippen LogP contribution in [0, 0.1) is 6.92 Å². The Hall–Kier alpha value is -4.07. The third-order valence-electron chi connectivity index (χ3n) is 4.79. The van der Waals surface area contributed by atoms with Crippen molar-refractivity contribution in [2.45, 2.75) is 26.8 Å². The summed E-state index contributed by atoms with van der Waals surface area (Å²) in [6.07, 6.45) is 1.34. The number of ketones is 1. The van der Waals surface area contributed by atoms with Crippen molar-refractivity contribution in [3.05, 3.63) is 82.8 Å². The van der Waals surface area contributed by atoms with Crippen LogP contribution in [0.3, 0.4) is 0 Å². The van der Waals surface area contributed by atoms with Crippen molar-refractivity contribution in [3.63, 3.8) is 0 Å². The number of rotatable bonds is 8. The normalized spacial score (nSPS) is 10.3. The lowest BCUT2D eigenvalue weighted by Crippen LogP contribution is -2.24. The maximum Gasteiger partial charge on any atom is 0.270 e. The lowest BCUT2D eigenvalue weighted by Gasteiger charge is -2.09. The second-order valence-electron chi connectivity index (χ2n) is 7.25. The van der Waals surface area contributed by atoms with E-state index in [2.05, 4.69) is 20.6 Å². The maximum atomic E-state index is 12.5. The van der Waals surface area contributed by atoms with Gasteiger partial charge in [-0.25, -0.2) is 9.97 Å².